The summed E-state index contributed by atoms with van der Waals surface area (Å²) in [6, 6.07) is 12.2. The van der Waals surface area contributed by atoms with Crippen molar-refractivity contribution in [3.8, 4) is 5.69 Å². The van der Waals surface area contributed by atoms with Gasteiger partial charge in [-0.15, -0.1) is 0 Å². The Balaban J connectivity index is 1.75. The summed E-state index contributed by atoms with van der Waals surface area (Å²) < 4.78 is 7.31. The van der Waals surface area contributed by atoms with Crippen molar-refractivity contribution < 1.29 is 4.74 Å². The lowest BCUT2D eigenvalue weighted by Crippen LogP contribution is -2.40. The normalized spacial score (nSPS) is 15.3. The van der Waals surface area contributed by atoms with Crippen molar-refractivity contribution in [2.45, 2.75) is 6.42 Å². The number of benzene rings is 1. The van der Waals surface area contributed by atoms with E-state index in [1.807, 2.05) is 47.3 Å². The highest BCUT2D eigenvalue weighted by Gasteiger charge is 2.15. The smallest absolute Gasteiger partial charge is 0.0841 e. The monoisotopic (exact) mass is 287 g/mol. The molecular formula is C15H17N3OS. The number of nitrogens with zero attached hydrogens (tertiary/aromatic N) is 3. The molecular weight excluding hydrogens is 270 g/mol. The van der Waals surface area contributed by atoms with Crippen LogP contribution in [0.2, 0.25) is 0 Å². The van der Waals surface area contributed by atoms with Crippen LogP contribution in [0.25, 0.3) is 5.69 Å². The van der Waals surface area contributed by atoms with Gasteiger partial charge in [-0.05, 0) is 18.2 Å². The second kappa shape index (κ2) is 6.15. The van der Waals surface area contributed by atoms with Crippen LogP contribution in [0.4, 0.5) is 0 Å². The molecule has 1 aliphatic rings. The Morgan fingerprint density at radius 2 is 1.90 bits per heavy atom. The van der Waals surface area contributed by atoms with E-state index in [0.29, 0.717) is 0 Å². The number of morpholine rings is 1. The molecule has 1 aromatic heterocycles. The summed E-state index contributed by atoms with van der Waals surface area (Å²) in [4.78, 5) is 3.19. The third-order valence-electron chi connectivity index (χ3n) is 3.42. The lowest BCUT2D eigenvalue weighted by atomic mass is 10.2. The van der Waals surface area contributed by atoms with Gasteiger partial charge in [0.2, 0.25) is 0 Å². The predicted octanol–water partition coefficient (Wildman–Crippen LogP) is 2.07. The standard InChI is InChI=1S/C15H17N3OS/c20-15(17-8-10-19-11-9-17)12-14-6-7-16-18(14)13-4-2-1-3-5-13/h1-7H,8-12H2. The van der Waals surface area contributed by atoms with E-state index in [1.54, 1.807) is 0 Å². The average molecular weight is 287 g/mol. The molecule has 2 heterocycles. The molecule has 2 aromatic rings. The summed E-state index contributed by atoms with van der Waals surface area (Å²) in [5.74, 6) is 0. The Labute approximate surface area is 124 Å². The third kappa shape index (κ3) is 2.89. The van der Waals surface area contributed by atoms with Crippen LogP contribution in [-0.2, 0) is 11.2 Å². The van der Waals surface area contributed by atoms with E-state index >= 15 is 0 Å². The summed E-state index contributed by atoms with van der Waals surface area (Å²) in [5.41, 5.74) is 2.19. The quantitative estimate of drug-likeness (QED) is 0.809. The van der Waals surface area contributed by atoms with E-state index < -0.39 is 0 Å². The highest BCUT2D eigenvalue weighted by atomic mass is 32.1. The molecule has 0 bridgehead atoms. The number of hydrogen-bond donors (Lipinski definition) is 0. The first-order valence-electron chi connectivity index (χ1n) is 6.78. The molecule has 1 fully saturated rings. The molecule has 104 valence electrons. The molecule has 1 aliphatic heterocycles. The lowest BCUT2D eigenvalue weighted by Gasteiger charge is -2.29. The van der Waals surface area contributed by atoms with Crippen molar-refractivity contribution in [3.05, 3.63) is 48.3 Å². The molecule has 0 aliphatic carbocycles. The highest BCUT2D eigenvalue weighted by Crippen LogP contribution is 2.12. The van der Waals surface area contributed by atoms with Crippen molar-refractivity contribution >= 4 is 17.2 Å². The van der Waals surface area contributed by atoms with Crippen LogP contribution in [0.15, 0.2) is 42.6 Å². The Morgan fingerprint density at radius 3 is 2.65 bits per heavy atom. The predicted molar refractivity (Wildman–Crippen MR) is 82.3 cm³/mol. The summed E-state index contributed by atoms with van der Waals surface area (Å²) >= 11 is 5.56. The molecule has 5 heteroatoms. The van der Waals surface area contributed by atoms with Crippen molar-refractivity contribution in [2.75, 3.05) is 26.3 Å². The second-order valence-corrected chi connectivity index (χ2v) is 5.21. The minimum atomic E-state index is 0.740. The Hall–Kier alpha value is -1.72. The molecule has 3 rings (SSSR count). The van der Waals surface area contributed by atoms with Crippen LogP contribution in [0, 0.1) is 0 Å². The van der Waals surface area contributed by atoms with Gasteiger partial charge in [0.05, 0.1) is 29.6 Å². The topological polar surface area (TPSA) is 30.3 Å². The van der Waals surface area contributed by atoms with Gasteiger partial charge in [-0.1, -0.05) is 30.4 Å². The van der Waals surface area contributed by atoms with Crippen LogP contribution in [0.5, 0.6) is 0 Å². The Kier molecular flexibility index (Phi) is 4.08. The maximum absolute atomic E-state index is 5.56. The summed E-state index contributed by atoms with van der Waals surface area (Å²) in [5, 5.41) is 4.40. The molecule has 0 amide bonds. The van der Waals surface area contributed by atoms with Gasteiger partial charge in [0, 0.05) is 25.7 Å². The Bertz CT molecular complexity index is 576. The van der Waals surface area contributed by atoms with E-state index in [4.69, 9.17) is 17.0 Å². The first kappa shape index (κ1) is 13.3. The Morgan fingerprint density at radius 1 is 1.15 bits per heavy atom. The van der Waals surface area contributed by atoms with Gasteiger partial charge in [-0.3, -0.25) is 0 Å². The highest BCUT2D eigenvalue weighted by molar-refractivity contribution is 7.80. The number of thiocarbonyl (C=S) groups is 1. The van der Waals surface area contributed by atoms with Gasteiger partial charge in [0.25, 0.3) is 0 Å². The molecule has 4 nitrogen and oxygen atoms in total. The zero-order valence-electron chi connectivity index (χ0n) is 11.2. The van der Waals surface area contributed by atoms with Crippen molar-refractivity contribution in [1.29, 1.82) is 0 Å². The first-order chi connectivity index (χ1) is 9.84. The zero-order valence-corrected chi connectivity index (χ0v) is 12.1. The van der Waals surface area contributed by atoms with E-state index in [2.05, 4.69) is 10.00 Å². The fraction of sp³-hybridized carbons (Fsp3) is 0.333. The number of para-hydroxylation sites is 1. The SMILES string of the molecule is S=C(Cc1ccnn1-c1ccccc1)N1CCOCC1. The van der Waals surface area contributed by atoms with Crippen LogP contribution in [-0.4, -0.2) is 46.0 Å². The van der Waals surface area contributed by atoms with Crippen molar-refractivity contribution in [3.63, 3.8) is 0 Å². The number of aromatic nitrogens is 2. The van der Waals surface area contributed by atoms with Gasteiger partial charge in [0.15, 0.2) is 0 Å². The van der Waals surface area contributed by atoms with Crippen molar-refractivity contribution in [2.24, 2.45) is 0 Å². The molecule has 0 radical (unpaired) electrons. The van der Waals surface area contributed by atoms with E-state index in [0.717, 1.165) is 49.1 Å². The maximum atomic E-state index is 5.56. The minimum absolute atomic E-state index is 0.740. The van der Waals surface area contributed by atoms with Gasteiger partial charge in [0.1, 0.15) is 0 Å². The zero-order chi connectivity index (χ0) is 13.8. The molecule has 0 unspecified atom stereocenters. The molecule has 1 aromatic carbocycles. The third-order valence-corrected chi connectivity index (χ3v) is 3.82. The molecule has 0 atom stereocenters. The largest absolute Gasteiger partial charge is 0.378 e. The maximum Gasteiger partial charge on any atom is 0.0841 e. The fourth-order valence-corrected chi connectivity index (χ4v) is 2.68. The lowest BCUT2D eigenvalue weighted by molar-refractivity contribution is 0.0684. The van der Waals surface area contributed by atoms with Gasteiger partial charge in [-0.25, -0.2) is 4.68 Å². The molecule has 0 saturated carbocycles. The second-order valence-electron chi connectivity index (χ2n) is 4.74. The average Bonchev–Trinajstić information content (AvgIpc) is 2.97. The molecule has 1 saturated heterocycles. The van der Waals surface area contributed by atoms with Crippen LogP contribution in [0.1, 0.15) is 5.69 Å². The van der Waals surface area contributed by atoms with Crippen LogP contribution in [0.3, 0.4) is 0 Å². The van der Waals surface area contributed by atoms with Gasteiger partial charge >= 0.3 is 0 Å². The van der Waals surface area contributed by atoms with Gasteiger partial charge in [-0.2, -0.15) is 5.10 Å². The van der Waals surface area contributed by atoms with Gasteiger partial charge < -0.3 is 9.64 Å². The van der Waals surface area contributed by atoms with E-state index in [1.165, 1.54) is 0 Å². The molecule has 0 spiro atoms. The molecule has 0 N–H and O–H groups in total. The fourth-order valence-electron chi connectivity index (χ4n) is 2.35. The van der Waals surface area contributed by atoms with Crippen LogP contribution < -0.4 is 0 Å². The van der Waals surface area contributed by atoms with E-state index in [9.17, 15) is 0 Å². The first-order valence-corrected chi connectivity index (χ1v) is 7.19. The van der Waals surface area contributed by atoms with Crippen LogP contribution >= 0.6 is 12.2 Å². The number of hydrogen-bond acceptors (Lipinski definition) is 3. The van der Waals surface area contributed by atoms with Crippen molar-refractivity contribution in [1.82, 2.24) is 14.7 Å². The summed E-state index contributed by atoms with van der Waals surface area (Å²) in [6.07, 6.45) is 2.56. The number of rotatable bonds is 3. The molecule has 20 heavy (non-hydrogen) atoms. The summed E-state index contributed by atoms with van der Waals surface area (Å²) in [6.45, 7) is 3.30. The number of ether oxygens (including phenoxy) is 1. The minimum Gasteiger partial charge on any atom is -0.378 e. The summed E-state index contributed by atoms with van der Waals surface area (Å²) in [7, 11) is 0. The van der Waals surface area contributed by atoms with E-state index in [-0.39, 0.29) is 0 Å².